The lowest BCUT2D eigenvalue weighted by Crippen LogP contribution is -2.56. The number of halogens is 2. The second-order valence-electron chi connectivity index (χ2n) is 9.22. The number of nitrogen functional groups attached to an aromatic ring is 1. The van der Waals surface area contributed by atoms with E-state index in [1.54, 1.807) is 32.4 Å². The molecule has 0 spiro atoms. The zero-order valence-corrected chi connectivity index (χ0v) is 21.6. The number of carboxylic acid groups (broad SMARTS) is 1. The van der Waals surface area contributed by atoms with Gasteiger partial charge in [0, 0.05) is 37.4 Å². The number of nitrogens with zero attached hydrogens (tertiary/aromatic N) is 3. The molecule has 10 nitrogen and oxygen atoms in total. The van der Waals surface area contributed by atoms with Crippen LogP contribution >= 0.6 is 7.75 Å². The van der Waals surface area contributed by atoms with Gasteiger partial charge in [0.25, 0.3) is 0 Å². The molecule has 198 valence electrons. The summed E-state index contributed by atoms with van der Waals surface area (Å²) >= 11 is 0. The summed E-state index contributed by atoms with van der Waals surface area (Å²) in [5, 5.41) is 8.99. The van der Waals surface area contributed by atoms with Crippen molar-refractivity contribution < 1.29 is 32.3 Å². The predicted molar refractivity (Wildman–Crippen MR) is 132 cm³/mol. The number of hydrogen-bond acceptors (Lipinski definition) is 7. The molecule has 0 radical (unpaired) electrons. The Bertz CT molecular complexity index is 1290. The number of aromatic carboxylic acids is 1. The van der Waals surface area contributed by atoms with Gasteiger partial charge in [-0.05, 0) is 40.5 Å². The minimum atomic E-state index is -3.64. The molecule has 2 fully saturated rings. The summed E-state index contributed by atoms with van der Waals surface area (Å²) in [4.78, 5) is 26.0. The SMILES string of the molecule is CCOP(=O)(OCC)N1C(C)CN(c2c(F)c(N)c3c(=O)c(C(=O)O)cn(C4CC4)c3c2F)CC1C. The molecule has 0 amide bonds. The lowest BCUT2D eigenvalue weighted by Gasteiger charge is -2.46. The van der Waals surface area contributed by atoms with Gasteiger partial charge in [-0.3, -0.25) is 13.8 Å². The highest BCUT2D eigenvalue weighted by atomic mass is 31.2. The van der Waals surface area contributed by atoms with Crippen LogP contribution in [0.2, 0.25) is 0 Å². The highest BCUT2D eigenvalue weighted by Crippen LogP contribution is 2.55. The number of benzene rings is 1. The second-order valence-corrected chi connectivity index (χ2v) is 11.1. The quantitative estimate of drug-likeness (QED) is 0.386. The van der Waals surface area contributed by atoms with E-state index >= 15 is 8.78 Å². The Morgan fingerprint density at radius 3 is 2.17 bits per heavy atom. The van der Waals surface area contributed by atoms with Gasteiger partial charge in [0.2, 0.25) is 5.43 Å². The van der Waals surface area contributed by atoms with Crippen LogP contribution in [0.4, 0.5) is 20.2 Å². The Kier molecular flexibility index (Phi) is 7.18. The number of hydrogen-bond donors (Lipinski definition) is 2. The fraction of sp³-hybridized carbons (Fsp3) is 0.565. The maximum Gasteiger partial charge on any atom is 0.408 e. The van der Waals surface area contributed by atoms with Crippen LogP contribution in [-0.2, 0) is 13.6 Å². The van der Waals surface area contributed by atoms with Crippen molar-refractivity contribution >= 4 is 36.0 Å². The first-order valence-corrected chi connectivity index (χ1v) is 13.5. The normalized spacial score (nSPS) is 21.3. The van der Waals surface area contributed by atoms with E-state index in [1.165, 1.54) is 9.47 Å². The lowest BCUT2D eigenvalue weighted by atomic mass is 10.0. The van der Waals surface area contributed by atoms with E-state index in [0.717, 1.165) is 6.20 Å². The molecule has 3 N–H and O–H groups in total. The van der Waals surface area contributed by atoms with Gasteiger partial charge in [0.05, 0.1) is 29.8 Å². The molecule has 2 aliphatic rings. The molecule has 1 aliphatic carbocycles. The Balaban J connectivity index is 1.85. The van der Waals surface area contributed by atoms with Gasteiger partial charge in [0.15, 0.2) is 11.6 Å². The van der Waals surface area contributed by atoms with Crippen LogP contribution in [0.5, 0.6) is 0 Å². The van der Waals surface area contributed by atoms with Gasteiger partial charge in [-0.2, -0.15) is 4.67 Å². The number of rotatable bonds is 8. The number of piperazine rings is 1. The number of carbonyl (C=O) groups is 1. The van der Waals surface area contributed by atoms with E-state index in [-0.39, 0.29) is 37.9 Å². The molecule has 1 aliphatic heterocycles. The van der Waals surface area contributed by atoms with E-state index < -0.39 is 65.2 Å². The third-order valence-electron chi connectivity index (χ3n) is 6.59. The number of carboxylic acids is 1. The fourth-order valence-electron chi connectivity index (χ4n) is 5.10. The van der Waals surface area contributed by atoms with Crippen LogP contribution in [0, 0.1) is 11.6 Å². The summed E-state index contributed by atoms with van der Waals surface area (Å²) in [5.41, 5.74) is 3.20. The fourth-order valence-corrected chi connectivity index (χ4v) is 7.21. The maximum atomic E-state index is 16.1. The van der Waals surface area contributed by atoms with Gasteiger partial charge in [-0.15, -0.1) is 0 Å². The van der Waals surface area contributed by atoms with Crippen LogP contribution in [0.3, 0.4) is 0 Å². The second kappa shape index (κ2) is 9.74. The number of nitrogens with two attached hydrogens (primary N) is 1. The highest BCUT2D eigenvalue weighted by Gasteiger charge is 2.45. The average Bonchev–Trinajstić information content (AvgIpc) is 3.62. The molecule has 2 heterocycles. The van der Waals surface area contributed by atoms with Gasteiger partial charge < -0.3 is 20.3 Å². The van der Waals surface area contributed by atoms with Crippen LogP contribution in [-0.4, -0.2) is 58.7 Å². The molecule has 1 saturated carbocycles. The predicted octanol–water partition coefficient (Wildman–Crippen LogP) is 3.98. The first kappa shape index (κ1) is 26.5. The van der Waals surface area contributed by atoms with E-state index in [2.05, 4.69) is 0 Å². The van der Waals surface area contributed by atoms with Crippen molar-refractivity contribution in [2.45, 2.75) is 58.7 Å². The summed E-state index contributed by atoms with van der Waals surface area (Å²) in [7, 11) is -3.64. The van der Waals surface area contributed by atoms with Crippen molar-refractivity contribution in [3.8, 4) is 0 Å². The maximum absolute atomic E-state index is 16.1. The van der Waals surface area contributed by atoms with E-state index in [0.29, 0.717) is 12.8 Å². The molecule has 1 saturated heterocycles. The molecular weight excluding hydrogens is 497 g/mol. The highest BCUT2D eigenvalue weighted by molar-refractivity contribution is 7.51. The zero-order valence-electron chi connectivity index (χ0n) is 20.7. The molecule has 13 heteroatoms. The monoisotopic (exact) mass is 528 g/mol. The minimum absolute atomic E-state index is 0.0775. The van der Waals surface area contributed by atoms with Crippen LogP contribution < -0.4 is 16.1 Å². The van der Waals surface area contributed by atoms with Gasteiger partial charge in [-0.25, -0.2) is 18.1 Å². The van der Waals surface area contributed by atoms with Crippen molar-refractivity contribution in [1.29, 1.82) is 0 Å². The molecule has 1 aromatic heterocycles. The molecule has 2 atom stereocenters. The molecule has 2 aromatic rings. The Hall–Kier alpha value is -2.53. The van der Waals surface area contributed by atoms with Crippen LogP contribution in [0.15, 0.2) is 11.0 Å². The topological polar surface area (TPSA) is 127 Å². The summed E-state index contributed by atoms with van der Waals surface area (Å²) in [5.74, 6) is -3.61. The first-order chi connectivity index (χ1) is 17.0. The Morgan fingerprint density at radius 2 is 1.69 bits per heavy atom. The molecule has 2 unspecified atom stereocenters. The van der Waals surface area contributed by atoms with Gasteiger partial charge >= 0.3 is 13.7 Å². The molecule has 36 heavy (non-hydrogen) atoms. The van der Waals surface area contributed by atoms with E-state index in [1.807, 2.05) is 0 Å². The zero-order chi connectivity index (χ0) is 26.5. The molecule has 4 rings (SSSR count). The standard InChI is InChI=1S/C23H31F2N4O6P/c1-5-34-36(33,35-6-2)29-12(3)9-27(10-13(29)4)21-17(24)19(26)16-20(18(21)25)28(14-7-8-14)11-15(22(16)30)23(31)32/h11-14H,5-10,26H2,1-4H3,(H,31,32). The largest absolute Gasteiger partial charge is 0.477 e. The number of anilines is 2. The van der Waals surface area contributed by atoms with Crippen molar-refractivity contribution in [1.82, 2.24) is 9.24 Å². The van der Waals surface area contributed by atoms with Crippen molar-refractivity contribution in [2.75, 3.05) is 36.9 Å². The molecule has 0 bridgehead atoms. The van der Waals surface area contributed by atoms with Crippen molar-refractivity contribution in [3.05, 3.63) is 33.6 Å². The Morgan fingerprint density at radius 1 is 1.14 bits per heavy atom. The number of aromatic nitrogens is 1. The van der Waals surface area contributed by atoms with E-state index in [4.69, 9.17) is 14.8 Å². The summed E-state index contributed by atoms with van der Waals surface area (Å²) < 4.78 is 59.2. The lowest BCUT2D eigenvalue weighted by molar-refractivity contribution is 0.0694. The summed E-state index contributed by atoms with van der Waals surface area (Å²) in [6.45, 7) is 7.41. The third kappa shape index (κ3) is 4.30. The number of pyridine rings is 1. The summed E-state index contributed by atoms with van der Waals surface area (Å²) in [6.07, 6.45) is 2.44. The minimum Gasteiger partial charge on any atom is -0.477 e. The van der Waals surface area contributed by atoms with Gasteiger partial charge in [-0.1, -0.05) is 0 Å². The van der Waals surface area contributed by atoms with Crippen molar-refractivity contribution in [3.63, 3.8) is 0 Å². The first-order valence-electron chi connectivity index (χ1n) is 12.0. The van der Waals surface area contributed by atoms with Crippen LogP contribution in [0.25, 0.3) is 10.9 Å². The molecule has 1 aromatic carbocycles. The molecular formula is C23H31F2N4O6P. The summed E-state index contributed by atoms with van der Waals surface area (Å²) in [6, 6.07) is -1.17. The van der Waals surface area contributed by atoms with E-state index in [9.17, 15) is 19.3 Å². The average molecular weight is 528 g/mol. The smallest absolute Gasteiger partial charge is 0.408 e. The number of fused-ring (bicyclic) bond motifs is 1. The van der Waals surface area contributed by atoms with Crippen molar-refractivity contribution in [2.24, 2.45) is 0 Å². The Labute approximate surface area is 207 Å². The third-order valence-corrected chi connectivity index (χ3v) is 9.11. The van der Waals surface area contributed by atoms with Crippen LogP contribution in [0.1, 0.15) is 56.9 Å². The van der Waals surface area contributed by atoms with Gasteiger partial charge in [0.1, 0.15) is 11.3 Å².